The Morgan fingerprint density at radius 2 is 1.76 bits per heavy atom. The molecule has 4 aromatic rings. The highest BCUT2D eigenvalue weighted by Gasteiger charge is 2.24. The first-order valence-corrected chi connectivity index (χ1v) is 13.8. The van der Waals surface area contributed by atoms with Gasteiger partial charge in [-0.15, -0.1) is 0 Å². The van der Waals surface area contributed by atoms with Gasteiger partial charge in [0.2, 0.25) is 0 Å². The van der Waals surface area contributed by atoms with Crippen LogP contribution >= 0.6 is 39.3 Å². The van der Waals surface area contributed by atoms with Gasteiger partial charge < -0.3 is 14.8 Å². The summed E-state index contributed by atoms with van der Waals surface area (Å²) in [7, 11) is 1.56. The summed E-state index contributed by atoms with van der Waals surface area (Å²) < 4.78 is 12.7. The molecule has 38 heavy (non-hydrogen) atoms. The molecule has 0 aromatic heterocycles. The second-order valence-electron chi connectivity index (χ2n) is 8.88. The van der Waals surface area contributed by atoms with Gasteiger partial charge in [0.05, 0.1) is 22.7 Å². The van der Waals surface area contributed by atoms with Gasteiger partial charge in [-0.25, -0.2) is 4.99 Å². The molecule has 1 fully saturated rings. The van der Waals surface area contributed by atoms with Crippen molar-refractivity contribution in [3.05, 3.63) is 103 Å². The third-order valence-corrected chi connectivity index (χ3v) is 8.49. The lowest BCUT2D eigenvalue weighted by molar-refractivity contribution is -0.115. The van der Waals surface area contributed by atoms with Crippen LogP contribution < -0.4 is 14.8 Å². The lowest BCUT2D eigenvalue weighted by Gasteiger charge is -2.14. The fourth-order valence-corrected chi connectivity index (χ4v) is 5.53. The highest BCUT2D eigenvalue weighted by molar-refractivity contribution is 9.10. The van der Waals surface area contributed by atoms with Gasteiger partial charge in [0.25, 0.3) is 5.91 Å². The highest BCUT2D eigenvalue weighted by atomic mass is 79.9. The van der Waals surface area contributed by atoms with Gasteiger partial charge in [-0.2, -0.15) is 0 Å². The van der Waals surface area contributed by atoms with E-state index in [-0.39, 0.29) is 5.91 Å². The quantitative estimate of drug-likeness (QED) is 0.224. The maximum atomic E-state index is 12.6. The van der Waals surface area contributed by atoms with E-state index < -0.39 is 0 Å². The van der Waals surface area contributed by atoms with Crippen molar-refractivity contribution in [1.82, 2.24) is 5.32 Å². The number of hydrogen-bond donors (Lipinski definition) is 1. The molecule has 1 N–H and O–H groups in total. The monoisotopic (exact) mass is 606 g/mol. The van der Waals surface area contributed by atoms with Gasteiger partial charge in [0.1, 0.15) is 6.61 Å². The van der Waals surface area contributed by atoms with E-state index in [0.29, 0.717) is 33.2 Å². The molecule has 192 valence electrons. The molecule has 4 aromatic carbocycles. The van der Waals surface area contributed by atoms with Gasteiger partial charge in [-0.3, -0.25) is 4.79 Å². The first-order chi connectivity index (χ1) is 18.3. The van der Waals surface area contributed by atoms with Crippen molar-refractivity contribution in [2.75, 3.05) is 7.11 Å². The Kier molecular flexibility index (Phi) is 7.79. The molecular weight excluding hydrogens is 584 g/mol. The smallest absolute Gasteiger partial charge is 0.264 e. The van der Waals surface area contributed by atoms with Crippen molar-refractivity contribution >= 4 is 72.9 Å². The number of carbonyl (C=O) groups is 1. The van der Waals surface area contributed by atoms with Crippen LogP contribution in [0.5, 0.6) is 11.5 Å². The number of benzene rings is 4. The average Bonchev–Trinajstić information content (AvgIpc) is 3.24. The predicted octanol–water partition coefficient (Wildman–Crippen LogP) is 8.35. The van der Waals surface area contributed by atoms with Gasteiger partial charge in [-0.1, -0.05) is 63.9 Å². The molecule has 5 nitrogen and oxygen atoms in total. The zero-order valence-corrected chi connectivity index (χ0v) is 24.1. The number of thioether (sulfide) groups is 1. The maximum absolute atomic E-state index is 12.6. The topological polar surface area (TPSA) is 59.9 Å². The second kappa shape index (κ2) is 11.2. The average molecular weight is 608 g/mol. The fourth-order valence-electron chi connectivity index (χ4n) is 4.18. The van der Waals surface area contributed by atoms with Gasteiger partial charge in [-0.05, 0) is 95.0 Å². The van der Waals surface area contributed by atoms with Crippen molar-refractivity contribution in [3.63, 3.8) is 0 Å². The molecular formula is C30H24BrClN2O3S. The minimum absolute atomic E-state index is 0.217. The number of methoxy groups -OCH3 is 1. The molecule has 1 aliphatic heterocycles. The third kappa shape index (κ3) is 5.75. The van der Waals surface area contributed by atoms with E-state index in [1.165, 1.54) is 17.1 Å². The number of amides is 1. The number of carbonyl (C=O) groups excluding carboxylic acids is 1. The van der Waals surface area contributed by atoms with Gasteiger partial charge in [0, 0.05) is 4.47 Å². The van der Waals surface area contributed by atoms with E-state index >= 15 is 0 Å². The highest BCUT2D eigenvalue weighted by Crippen LogP contribution is 2.39. The Bertz CT molecular complexity index is 1610. The number of halogens is 2. The molecule has 5 rings (SSSR count). The Balaban J connectivity index is 1.35. The van der Waals surface area contributed by atoms with E-state index in [1.54, 1.807) is 25.3 Å². The van der Waals surface area contributed by atoms with Crippen LogP contribution in [0.4, 0.5) is 5.69 Å². The first kappa shape index (κ1) is 26.4. The molecule has 1 amide bonds. The summed E-state index contributed by atoms with van der Waals surface area (Å²) in [5.41, 5.74) is 4.69. The summed E-state index contributed by atoms with van der Waals surface area (Å²) in [5, 5.41) is 6.08. The number of aliphatic imine (C=N–C) groups is 1. The Morgan fingerprint density at radius 1 is 1.03 bits per heavy atom. The second-order valence-corrected chi connectivity index (χ2v) is 11.1. The number of hydrogen-bond acceptors (Lipinski definition) is 5. The molecule has 0 saturated carbocycles. The Hall–Kier alpha value is -3.26. The van der Waals surface area contributed by atoms with E-state index in [0.717, 1.165) is 37.8 Å². The molecule has 0 bridgehead atoms. The standard InChI is InChI=1S/C30H24BrClN2O3S/c1-17-10-23(11-18(2)27(17)31)33-30-34-29(35)26(38-30)15-20-13-24(32)28(25(14-20)36-3)37-16-19-8-9-21-6-4-5-7-22(21)12-19/h4-15H,16H2,1-3H3,(H,33,34,35)/b26-15-. The lowest BCUT2D eigenvalue weighted by atomic mass is 10.1. The first-order valence-electron chi connectivity index (χ1n) is 11.8. The van der Waals surface area contributed by atoms with E-state index in [9.17, 15) is 4.79 Å². The molecule has 0 atom stereocenters. The van der Waals surface area contributed by atoms with Gasteiger partial charge in [0.15, 0.2) is 16.7 Å². The summed E-state index contributed by atoms with van der Waals surface area (Å²) in [6, 6.07) is 21.9. The number of ether oxygens (including phenoxy) is 2. The zero-order chi connectivity index (χ0) is 26.8. The number of nitrogens with zero attached hydrogens (tertiary/aromatic N) is 1. The summed E-state index contributed by atoms with van der Waals surface area (Å²) in [6.07, 6.45) is 1.77. The molecule has 0 radical (unpaired) electrons. The third-order valence-electron chi connectivity index (χ3n) is 6.05. The van der Waals surface area contributed by atoms with Crippen molar-refractivity contribution in [3.8, 4) is 11.5 Å². The predicted molar refractivity (Wildman–Crippen MR) is 161 cm³/mol. The van der Waals surface area contributed by atoms with E-state index in [1.807, 2.05) is 44.2 Å². The number of amidine groups is 1. The molecule has 8 heteroatoms. The lowest BCUT2D eigenvalue weighted by Crippen LogP contribution is -2.19. The largest absolute Gasteiger partial charge is 0.493 e. The van der Waals surface area contributed by atoms with Crippen molar-refractivity contribution in [2.45, 2.75) is 20.5 Å². The summed E-state index contributed by atoms with van der Waals surface area (Å²) in [6.45, 7) is 4.37. The molecule has 0 unspecified atom stereocenters. The summed E-state index contributed by atoms with van der Waals surface area (Å²) in [4.78, 5) is 17.8. The number of nitrogens with one attached hydrogen (secondary N) is 1. The SMILES string of the molecule is COc1cc(/C=C2\SC(=Nc3cc(C)c(Br)c(C)c3)NC2=O)cc(Cl)c1OCc1ccc2ccccc2c1. The summed E-state index contributed by atoms with van der Waals surface area (Å²) >= 11 is 11.5. The normalized spacial score (nSPS) is 15.3. The van der Waals surface area contributed by atoms with Crippen LogP contribution in [0.25, 0.3) is 16.8 Å². The molecule has 0 spiro atoms. The van der Waals surface area contributed by atoms with Crippen LogP contribution in [0.1, 0.15) is 22.3 Å². The van der Waals surface area contributed by atoms with Crippen LogP contribution in [-0.2, 0) is 11.4 Å². The van der Waals surface area contributed by atoms with Crippen LogP contribution in [0.15, 0.2) is 81.1 Å². The van der Waals surface area contributed by atoms with E-state index in [4.69, 9.17) is 21.1 Å². The Labute approximate surface area is 239 Å². The summed E-state index contributed by atoms with van der Waals surface area (Å²) in [5.74, 6) is 0.727. The molecule has 1 heterocycles. The van der Waals surface area contributed by atoms with Crippen LogP contribution in [0.3, 0.4) is 0 Å². The van der Waals surface area contributed by atoms with Crippen LogP contribution in [0.2, 0.25) is 5.02 Å². The van der Waals surface area contributed by atoms with Crippen LogP contribution in [0, 0.1) is 13.8 Å². The minimum atomic E-state index is -0.217. The van der Waals surface area contributed by atoms with E-state index in [2.05, 4.69) is 50.5 Å². The number of fused-ring (bicyclic) bond motifs is 1. The fraction of sp³-hybridized carbons (Fsp3) is 0.133. The van der Waals surface area contributed by atoms with Gasteiger partial charge >= 0.3 is 0 Å². The number of aryl methyl sites for hydroxylation is 2. The Morgan fingerprint density at radius 3 is 2.50 bits per heavy atom. The molecule has 1 saturated heterocycles. The maximum Gasteiger partial charge on any atom is 0.264 e. The van der Waals surface area contributed by atoms with Crippen LogP contribution in [-0.4, -0.2) is 18.2 Å². The number of rotatable bonds is 6. The van der Waals surface area contributed by atoms with Crippen molar-refractivity contribution in [2.24, 2.45) is 4.99 Å². The zero-order valence-electron chi connectivity index (χ0n) is 21.0. The minimum Gasteiger partial charge on any atom is -0.493 e. The molecule has 0 aliphatic carbocycles. The van der Waals surface area contributed by atoms with Crippen molar-refractivity contribution < 1.29 is 14.3 Å². The molecule has 1 aliphatic rings. The van der Waals surface area contributed by atoms with Crippen molar-refractivity contribution in [1.29, 1.82) is 0 Å².